The van der Waals surface area contributed by atoms with E-state index in [2.05, 4.69) is 51.6 Å². The molecule has 0 atom stereocenters. The van der Waals surface area contributed by atoms with Crippen LogP contribution in [0.2, 0.25) is 0 Å². The fourth-order valence-electron chi connectivity index (χ4n) is 3.31. The van der Waals surface area contributed by atoms with E-state index in [-0.39, 0.29) is 0 Å². The third-order valence-electron chi connectivity index (χ3n) is 4.73. The van der Waals surface area contributed by atoms with Gasteiger partial charge in [0.05, 0.1) is 6.61 Å². The highest BCUT2D eigenvalue weighted by Crippen LogP contribution is 2.18. The van der Waals surface area contributed by atoms with Crippen molar-refractivity contribution >= 4 is 5.82 Å². The molecule has 2 heterocycles. The van der Waals surface area contributed by atoms with Crippen LogP contribution < -0.4 is 10.2 Å². The molecule has 1 saturated heterocycles. The number of benzene rings is 1. The van der Waals surface area contributed by atoms with Crippen LogP contribution in [0.1, 0.15) is 42.4 Å². The Kier molecular flexibility index (Phi) is 6.83. The van der Waals surface area contributed by atoms with Gasteiger partial charge in [-0.1, -0.05) is 37.1 Å². The Labute approximate surface area is 151 Å². The van der Waals surface area contributed by atoms with Crippen LogP contribution in [0.4, 0.5) is 5.82 Å². The molecule has 134 valence electrons. The van der Waals surface area contributed by atoms with E-state index in [1.165, 1.54) is 42.4 Å². The molecule has 25 heavy (non-hydrogen) atoms. The number of methoxy groups -OCH3 is 1. The number of ether oxygens (including phenoxy) is 1. The molecule has 0 amide bonds. The summed E-state index contributed by atoms with van der Waals surface area (Å²) >= 11 is 0. The predicted molar refractivity (Wildman–Crippen MR) is 103 cm³/mol. The number of aromatic nitrogens is 1. The molecule has 0 aliphatic carbocycles. The Morgan fingerprint density at radius 1 is 0.920 bits per heavy atom. The van der Waals surface area contributed by atoms with Crippen molar-refractivity contribution in [2.45, 2.75) is 45.4 Å². The smallest absolute Gasteiger partial charge is 0.128 e. The lowest BCUT2D eigenvalue weighted by molar-refractivity contribution is 0.185. The average molecular weight is 339 g/mol. The third kappa shape index (κ3) is 5.55. The summed E-state index contributed by atoms with van der Waals surface area (Å²) in [5.41, 5.74) is 3.80. The highest BCUT2D eigenvalue weighted by Gasteiger charge is 2.11. The summed E-state index contributed by atoms with van der Waals surface area (Å²) in [6.45, 7) is 4.68. The molecule has 4 heteroatoms. The zero-order chi connectivity index (χ0) is 17.3. The van der Waals surface area contributed by atoms with Gasteiger partial charge in [0, 0.05) is 39.5 Å². The maximum atomic E-state index is 5.15. The zero-order valence-electron chi connectivity index (χ0n) is 15.2. The van der Waals surface area contributed by atoms with Crippen molar-refractivity contribution in [2.24, 2.45) is 0 Å². The van der Waals surface area contributed by atoms with Gasteiger partial charge in [0.25, 0.3) is 0 Å². The van der Waals surface area contributed by atoms with Gasteiger partial charge in [-0.2, -0.15) is 0 Å². The predicted octanol–water partition coefficient (Wildman–Crippen LogP) is 3.90. The van der Waals surface area contributed by atoms with Crippen LogP contribution in [0.25, 0.3) is 0 Å². The number of rotatable bonds is 7. The molecule has 0 radical (unpaired) electrons. The Balaban J connectivity index is 1.51. The lowest BCUT2D eigenvalue weighted by atomic mass is 10.1. The quantitative estimate of drug-likeness (QED) is 0.830. The number of hydrogen-bond acceptors (Lipinski definition) is 4. The van der Waals surface area contributed by atoms with Crippen molar-refractivity contribution in [3.63, 3.8) is 0 Å². The largest absolute Gasteiger partial charge is 0.380 e. The van der Waals surface area contributed by atoms with Crippen molar-refractivity contribution in [1.82, 2.24) is 10.3 Å². The van der Waals surface area contributed by atoms with Crippen LogP contribution in [0.15, 0.2) is 42.6 Å². The summed E-state index contributed by atoms with van der Waals surface area (Å²) in [4.78, 5) is 7.02. The van der Waals surface area contributed by atoms with Gasteiger partial charge in [0.15, 0.2) is 0 Å². The summed E-state index contributed by atoms with van der Waals surface area (Å²) in [6, 6.07) is 12.9. The van der Waals surface area contributed by atoms with E-state index in [9.17, 15) is 0 Å². The summed E-state index contributed by atoms with van der Waals surface area (Å²) in [7, 11) is 1.73. The molecule has 4 nitrogen and oxygen atoms in total. The molecule has 3 rings (SSSR count). The summed E-state index contributed by atoms with van der Waals surface area (Å²) in [5.74, 6) is 1.13. The molecular formula is C21H29N3O. The molecule has 1 aliphatic heterocycles. The molecule has 0 bridgehead atoms. The van der Waals surface area contributed by atoms with Crippen molar-refractivity contribution < 1.29 is 4.74 Å². The van der Waals surface area contributed by atoms with Crippen molar-refractivity contribution in [1.29, 1.82) is 0 Å². The Morgan fingerprint density at radius 2 is 1.60 bits per heavy atom. The standard InChI is InChI=1S/C21H29N3O/c1-25-17-19-8-6-18(7-9-19)15-22-16-20-10-11-23-21(14-20)24-12-4-2-3-5-13-24/h6-11,14,22H,2-5,12-13,15-17H2,1H3. The number of nitrogens with zero attached hydrogens (tertiary/aromatic N) is 2. The number of anilines is 1. The first kappa shape index (κ1) is 17.9. The van der Waals surface area contributed by atoms with Gasteiger partial charge in [0.2, 0.25) is 0 Å². The van der Waals surface area contributed by atoms with E-state index in [1.54, 1.807) is 7.11 Å². The van der Waals surface area contributed by atoms with Gasteiger partial charge >= 0.3 is 0 Å². The second-order valence-corrected chi connectivity index (χ2v) is 6.78. The lowest BCUT2D eigenvalue weighted by Gasteiger charge is -2.21. The Morgan fingerprint density at radius 3 is 2.32 bits per heavy atom. The van der Waals surface area contributed by atoms with Crippen LogP contribution in [0.3, 0.4) is 0 Å². The molecule has 1 aromatic carbocycles. The van der Waals surface area contributed by atoms with Gasteiger partial charge in [-0.05, 0) is 41.7 Å². The van der Waals surface area contributed by atoms with Crippen LogP contribution in [0, 0.1) is 0 Å². The third-order valence-corrected chi connectivity index (χ3v) is 4.73. The van der Waals surface area contributed by atoms with Crippen LogP contribution in [0.5, 0.6) is 0 Å². The highest BCUT2D eigenvalue weighted by molar-refractivity contribution is 5.41. The summed E-state index contributed by atoms with van der Waals surface area (Å²) in [6.07, 6.45) is 7.20. The Hall–Kier alpha value is -1.91. The summed E-state index contributed by atoms with van der Waals surface area (Å²) in [5, 5.41) is 3.53. The normalized spacial score (nSPS) is 15.2. The average Bonchev–Trinajstić information content (AvgIpc) is 2.93. The van der Waals surface area contributed by atoms with E-state index in [1.807, 2.05) is 6.20 Å². The highest BCUT2D eigenvalue weighted by atomic mass is 16.5. The molecule has 1 N–H and O–H groups in total. The van der Waals surface area contributed by atoms with Gasteiger partial charge in [0.1, 0.15) is 5.82 Å². The van der Waals surface area contributed by atoms with Crippen LogP contribution in [-0.2, 0) is 24.4 Å². The lowest BCUT2D eigenvalue weighted by Crippen LogP contribution is -2.25. The minimum atomic E-state index is 0.671. The second kappa shape index (κ2) is 9.54. The Bertz CT molecular complexity index is 634. The van der Waals surface area contributed by atoms with E-state index in [4.69, 9.17) is 4.74 Å². The van der Waals surface area contributed by atoms with Gasteiger partial charge in [-0.15, -0.1) is 0 Å². The van der Waals surface area contributed by atoms with Gasteiger partial charge < -0.3 is 15.0 Å². The van der Waals surface area contributed by atoms with Crippen molar-refractivity contribution in [3.8, 4) is 0 Å². The second-order valence-electron chi connectivity index (χ2n) is 6.78. The monoisotopic (exact) mass is 339 g/mol. The van der Waals surface area contributed by atoms with E-state index in [0.29, 0.717) is 6.61 Å². The van der Waals surface area contributed by atoms with E-state index in [0.717, 1.165) is 32.0 Å². The molecule has 1 aliphatic rings. The SMILES string of the molecule is COCc1ccc(CNCc2ccnc(N3CCCCCC3)c2)cc1. The maximum absolute atomic E-state index is 5.15. The fraction of sp³-hybridized carbons (Fsp3) is 0.476. The molecular weight excluding hydrogens is 310 g/mol. The summed E-state index contributed by atoms with van der Waals surface area (Å²) < 4.78 is 5.15. The first-order valence-electron chi connectivity index (χ1n) is 9.32. The molecule has 0 unspecified atom stereocenters. The first-order chi connectivity index (χ1) is 12.3. The molecule has 0 spiro atoms. The van der Waals surface area contributed by atoms with E-state index >= 15 is 0 Å². The molecule has 1 aromatic heterocycles. The number of hydrogen-bond donors (Lipinski definition) is 1. The molecule has 1 fully saturated rings. The van der Waals surface area contributed by atoms with Gasteiger partial charge in [-0.25, -0.2) is 4.98 Å². The molecule has 0 saturated carbocycles. The zero-order valence-corrected chi connectivity index (χ0v) is 15.2. The van der Waals surface area contributed by atoms with E-state index < -0.39 is 0 Å². The van der Waals surface area contributed by atoms with Crippen molar-refractivity contribution in [2.75, 3.05) is 25.1 Å². The molecule has 2 aromatic rings. The van der Waals surface area contributed by atoms with Crippen LogP contribution in [-0.4, -0.2) is 25.2 Å². The first-order valence-corrected chi connectivity index (χ1v) is 9.32. The maximum Gasteiger partial charge on any atom is 0.128 e. The number of pyridine rings is 1. The number of nitrogens with one attached hydrogen (secondary N) is 1. The topological polar surface area (TPSA) is 37.4 Å². The van der Waals surface area contributed by atoms with Crippen LogP contribution >= 0.6 is 0 Å². The fourth-order valence-corrected chi connectivity index (χ4v) is 3.31. The minimum absolute atomic E-state index is 0.671. The van der Waals surface area contributed by atoms with Crippen molar-refractivity contribution in [3.05, 3.63) is 59.3 Å². The van der Waals surface area contributed by atoms with Gasteiger partial charge in [-0.3, -0.25) is 0 Å². The minimum Gasteiger partial charge on any atom is -0.380 e.